The van der Waals surface area contributed by atoms with Crippen LogP contribution in [-0.2, 0) is 7.05 Å². The summed E-state index contributed by atoms with van der Waals surface area (Å²) in [6.07, 6.45) is 6.91. The number of hydrogen-bond acceptors (Lipinski definition) is 1. The van der Waals surface area contributed by atoms with Crippen molar-refractivity contribution in [2.75, 3.05) is 0 Å². The number of nitrogens with zero attached hydrogens (tertiary/aromatic N) is 1. The van der Waals surface area contributed by atoms with Crippen LogP contribution < -0.4 is 0 Å². The first kappa shape index (κ1) is 15.7. The van der Waals surface area contributed by atoms with Crippen LogP contribution in [0.2, 0.25) is 0 Å². The first-order chi connectivity index (χ1) is 13.3. The fraction of sp³-hybridized carbons (Fsp3) is 0.280. The number of rotatable bonds is 1. The number of thiophene rings is 1. The Labute approximate surface area is 163 Å². The van der Waals surface area contributed by atoms with E-state index in [9.17, 15) is 0 Å². The number of hydrogen-bond donors (Lipinski definition) is 0. The van der Waals surface area contributed by atoms with Crippen LogP contribution in [0.1, 0.15) is 43.6 Å². The lowest BCUT2D eigenvalue weighted by Crippen LogP contribution is -2.04. The third-order valence-corrected chi connectivity index (χ3v) is 7.74. The van der Waals surface area contributed by atoms with Crippen molar-refractivity contribution in [3.05, 3.63) is 60.2 Å². The van der Waals surface area contributed by atoms with Gasteiger partial charge in [-0.1, -0.05) is 49.6 Å². The zero-order valence-corrected chi connectivity index (χ0v) is 16.5. The van der Waals surface area contributed by atoms with Crippen molar-refractivity contribution >= 4 is 53.3 Å². The fourth-order valence-electron chi connectivity index (χ4n) is 5.24. The van der Waals surface area contributed by atoms with Gasteiger partial charge in [0.15, 0.2) is 0 Å². The SMILES string of the molecule is Cn1c2ccccc2c2ccc3sc4ccc(C5CCCCC5)cc4c3c21. The highest BCUT2D eigenvalue weighted by Gasteiger charge is 2.19. The minimum absolute atomic E-state index is 0.754. The maximum absolute atomic E-state index is 2.52. The molecule has 0 unspecified atom stereocenters. The molecule has 0 N–H and O–H groups in total. The van der Waals surface area contributed by atoms with Crippen LogP contribution in [0.5, 0.6) is 0 Å². The van der Waals surface area contributed by atoms with E-state index >= 15 is 0 Å². The molecule has 3 aromatic carbocycles. The highest BCUT2D eigenvalue weighted by atomic mass is 32.1. The van der Waals surface area contributed by atoms with Crippen LogP contribution in [0.25, 0.3) is 42.0 Å². The van der Waals surface area contributed by atoms with Crippen molar-refractivity contribution in [3.63, 3.8) is 0 Å². The molecule has 1 aliphatic carbocycles. The Balaban J connectivity index is 1.71. The van der Waals surface area contributed by atoms with E-state index < -0.39 is 0 Å². The molecule has 2 heterocycles. The molecule has 0 bridgehead atoms. The molecular weight excluding hydrogens is 346 g/mol. The highest BCUT2D eigenvalue weighted by Crippen LogP contribution is 2.43. The monoisotopic (exact) mass is 369 g/mol. The van der Waals surface area contributed by atoms with Gasteiger partial charge >= 0.3 is 0 Å². The second kappa shape index (κ2) is 5.84. The van der Waals surface area contributed by atoms with Crippen LogP contribution in [-0.4, -0.2) is 4.57 Å². The molecule has 0 amide bonds. The van der Waals surface area contributed by atoms with Crippen molar-refractivity contribution in [2.45, 2.75) is 38.0 Å². The minimum Gasteiger partial charge on any atom is -0.343 e. The minimum atomic E-state index is 0.754. The Kier molecular flexibility index (Phi) is 3.40. The topological polar surface area (TPSA) is 4.93 Å². The molecule has 0 atom stereocenters. The van der Waals surface area contributed by atoms with Gasteiger partial charge in [-0.2, -0.15) is 0 Å². The number of benzene rings is 3. The summed E-state index contributed by atoms with van der Waals surface area (Å²) in [5.41, 5.74) is 4.26. The lowest BCUT2D eigenvalue weighted by atomic mass is 9.84. The molecule has 27 heavy (non-hydrogen) atoms. The molecule has 2 heteroatoms. The summed E-state index contributed by atoms with van der Waals surface area (Å²) in [4.78, 5) is 0. The zero-order chi connectivity index (χ0) is 18.0. The Morgan fingerprint density at radius 1 is 0.815 bits per heavy atom. The summed E-state index contributed by atoms with van der Waals surface area (Å²) in [7, 11) is 2.22. The summed E-state index contributed by atoms with van der Waals surface area (Å²) < 4.78 is 5.22. The van der Waals surface area contributed by atoms with E-state index in [1.54, 1.807) is 5.56 Å². The van der Waals surface area contributed by atoms with E-state index in [0.29, 0.717) is 0 Å². The predicted octanol–water partition coefficient (Wildman–Crippen LogP) is 7.75. The van der Waals surface area contributed by atoms with Crippen molar-refractivity contribution in [3.8, 4) is 0 Å². The third-order valence-electron chi connectivity index (χ3n) is 6.60. The largest absolute Gasteiger partial charge is 0.343 e. The van der Waals surface area contributed by atoms with Crippen LogP contribution in [0.4, 0.5) is 0 Å². The number of para-hydroxylation sites is 1. The predicted molar refractivity (Wildman–Crippen MR) is 119 cm³/mol. The Morgan fingerprint density at radius 2 is 1.63 bits per heavy atom. The van der Waals surface area contributed by atoms with E-state index in [1.807, 2.05) is 11.3 Å². The first-order valence-corrected chi connectivity index (χ1v) is 11.0. The van der Waals surface area contributed by atoms with Gasteiger partial charge in [0.25, 0.3) is 0 Å². The standard InChI is InChI=1S/C25H23NS/c1-26-21-10-6-5-9-18(21)19-12-14-23-24(25(19)26)20-15-17(11-13-22(20)27-23)16-7-3-2-4-8-16/h5-6,9-16H,2-4,7-8H2,1H3. The summed E-state index contributed by atoms with van der Waals surface area (Å²) in [6.45, 7) is 0. The van der Waals surface area contributed by atoms with Crippen LogP contribution in [0.3, 0.4) is 0 Å². The van der Waals surface area contributed by atoms with Crippen LogP contribution >= 0.6 is 11.3 Å². The molecule has 1 fully saturated rings. The second-order valence-corrected chi connectivity index (χ2v) is 9.19. The van der Waals surface area contributed by atoms with Gasteiger partial charge in [-0.15, -0.1) is 11.3 Å². The molecule has 1 saturated carbocycles. The third kappa shape index (κ3) is 2.23. The molecule has 6 rings (SSSR count). The van der Waals surface area contributed by atoms with Crippen molar-refractivity contribution in [1.82, 2.24) is 4.57 Å². The summed E-state index contributed by atoms with van der Waals surface area (Å²) in [6, 6.07) is 20.7. The molecule has 0 spiro atoms. The number of fused-ring (bicyclic) bond motifs is 7. The molecule has 1 aliphatic rings. The Bertz CT molecular complexity index is 1310. The number of aromatic nitrogens is 1. The van der Waals surface area contributed by atoms with E-state index in [-0.39, 0.29) is 0 Å². The maximum Gasteiger partial charge on any atom is 0.0583 e. The molecule has 134 valence electrons. The van der Waals surface area contributed by atoms with Gasteiger partial charge in [0, 0.05) is 43.5 Å². The smallest absolute Gasteiger partial charge is 0.0583 e. The first-order valence-electron chi connectivity index (χ1n) is 10.1. The van der Waals surface area contributed by atoms with Crippen LogP contribution in [0, 0.1) is 0 Å². The molecular formula is C25H23NS. The van der Waals surface area contributed by atoms with Gasteiger partial charge in [0.05, 0.1) is 5.52 Å². The van der Waals surface area contributed by atoms with Gasteiger partial charge in [-0.3, -0.25) is 0 Å². The van der Waals surface area contributed by atoms with E-state index in [2.05, 4.69) is 66.2 Å². The lowest BCUT2D eigenvalue weighted by molar-refractivity contribution is 0.444. The van der Waals surface area contributed by atoms with Crippen LogP contribution in [0.15, 0.2) is 54.6 Å². The van der Waals surface area contributed by atoms with E-state index in [1.165, 1.54) is 74.1 Å². The van der Waals surface area contributed by atoms with Gasteiger partial charge in [0.2, 0.25) is 0 Å². The summed E-state index contributed by atoms with van der Waals surface area (Å²) in [5.74, 6) is 0.754. The van der Waals surface area contributed by atoms with Gasteiger partial charge < -0.3 is 4.57 Å². The summed E-state index contributed by atoms with van der Waals surface area (Å²) in [5, 5.41) is 5.64. The fourth-order valence-corrected chi connectivity index (χ4v) is 6.33. The molecule has 0 saturated heterocycles. The van der Waals surface area contributed by atoms with Gasteiger partial charge in [0.1, 0.15) is 0 Å². The van der Waals surface area contributed by atoms with Crippen molar-refractivity contribution in [2.24, 2.45) is 7.05 Å². The highest BCUT2D eigenvalue weighted by molar-refractivity contribution is 7.26. The second-order valence-electron chi connectivity index (χ2n) is 8.10. The maximum atomic E-state index is 2.52. The van der Waals surface area contributed by atoms with E-state index in [4.69, 9.17) is 0 Å². The zero-order valence-electron chi connectivity index (χ0n) is 15.7. The average Bonchev–Trinajstić information content (AvgIpc) is 3.24. The lowest BCUT2D eigenvalue weighted by Gasteiger charge is -2.22. The average molecular weight is 370 g/mol. The quantitative estimate of drug-likeness (QED) is 0.285. The molecule has 0 radical (unpaired) electrons. The van der Waals surface area contributed by atoms with Gasteiger partial charge in [-0.25, -0.2) is 0 Å². The van der Waals surface area contributed by atoms with Gasteiger partial charge in [-0.05, 0) is 48.6 Å². The van der Waals surface area contributed by atoms with E-state index in [0.717, 1.165) is 5.92 Å². The Hall–Kier alpha value is -2.32. The molecule has 2 aromatic heterocycles. The summed E-state index contributed by atoms with van der Waals surface area (Å²) >= 11 is 1.94. The molecule has 0 aliphatic heterocycles. The molecule has 1 nitrogen and oxygen atoms in total. The normalized spacial score (nSPS) is 16.2. The van der Waals surface area contributed by atoms with Crippen molar-refractivity contribution < 1.29 is 0 Å². The Morgan fingerprint density at radius 3 is 2.52 bits per heavy atom. The number of aryl methyl sites for hydroxylation is 1. The molecule has 5 aromatic rings. The van der Waals surface area contributed by atoms with Crippen molar-refractivity contribution in [1.29, 1.82) is 0 Å².